The Morgan fingerprint density at radius 1 is 1.27 bits per heavy atom. The lowest BCUT2D eigenvalue weighted by molar-refractivity contribution is 0.413. The molecular formula is C14H21ClN4O2S. The van der Waals surface area contributed by atoms with Crippen molar-refractivity contribution in [2.45, 2.75) is 18.4 Å². The molecule has 0 unspecified atom stereocenters. The molecule has 0 bridgehead atoms. The summed E-state index contributed by atoms with van der Waals surface area (Å²) < 4.78 is 28.5. The second kappa shape index (κ2) is 7.73. The monoisotopic (exact) mass is 344 g/mol. The summed E-state index contributed by atoms with van der Waals surface area (Å²) in [5.74, 6) is 0. The molecule has 0 atom stereocenters. The van der Waals surface area contributed by atoms with Gasteiger partial charge in [0.2, 0.25) is 10.0 Å². The van der Waals surface area contributed by atoms with E-state index in [1.54, 1.807) is 18.7 Å². The highest BCUT2D eigenvalue weighted by Gasteiger charge is 2.27. The molecular weight excluding hydrogens is 324 g/mol. The molecule has 0 saturated carbocycles. The summed E-state index contributed by atoms with van der Waals surface area (Å²) in [6.07, 6.45) is 1.39. The lowest BCUT2D eigenvalue weighted by Crippen LogP contribution is -2.35. The highest BCUT2D eigenvalue weighted by Crippen LogP contribution is 2.20. The third-order valence-electron chi connectivity index (χ3n) is 3.39. The minimum absolute atomic E-state index is 0. The van der Waals surface area contributed by atoms with Crippen molar-refractivity contribution in [1.29, 1.82) is 0 Å². The maximum Gasteiger partial charge on any atom is 0.246 e. The quantitative estimate of drug-likeness (QED) is 0.856. The van der Waals surface area contributed by atoms with Crippen molar-refractivity contribution >= 4 is 22.4 Å². The van der Waals surface area contributed by atoms with Gasteiger partial charge in [-0.05, 0) is 12.5 Å². The zero-order valence-electron chi connectivity index (χ0n) is 12.6. The fraction of sp³-hybridized carbons (Fsp3) is 0.357. The molecule has 122 valence electrons. The van der Waals surface area contributed by atoms with E-state index in [0.717, 1.165) is 5.56 Å². The Bertz CT molecular complexity index is 701. The number of hydrogen-bond acceptors (Lipinski definition) is 4. The Balaban J connectivity index is 0.00000242. The molecule has 2 N–H and O–H groups in total. The summed E-state index contributed by atoms with van der Waals surface area (Å²) in [7, 11) is -1.88. The maximum absolute atomic E-state index is 12.8. The van der Waals surface area contributed by atoms with E-state index in [9.17, 15) is 8.42 Å². The van der Waals surface area contributed by atoms with Gasteiger partial charge in [-0.25, -0.2) is 8.42 Å². The lowest BCUT2D eigenvalue weighted by Gasteiger charge is -2.21. The van der Waals surface area contributed by atoms with Gasteiger partial charge in [-0.2, -0.15) is 9.40 Å². The van der Waals surface area contributed by atoms with Gasteiger partial charge in [0, 0.05) is 26.7 Å². The first kappa shape index (κ1) is 18.6. The average Bonchev–Trinajstić information content (AvgIpc) is 2.80. The third-order valence-corrected chi connectivity index (χ3v) is 5.34. The number of nitrogens with two attached hydrogens (primary N) is 1. The van der Waals surface area contributed by atoms with Crippen LogP contribution in [0.2, 0.25) is 0 Å². The second-order valence-electron chi connectivity index (χ2n) is 4.83. The van der Waals surface area contributed by atoms with Crippen LogP contribution in [0.25, 0.3) is 0 Å². The van der Waals surface area contributed by atoms with Gasteiger partial charge in [0.1, 0.15) is 4.90 Å². The summed E-state index contributed by atoms with van der Waals surface area (Å²) in [4.78, 5) is 0.231. The SMILES string of the molecule is Cc1c(S(=O)(=O)N(CCN)Cc2ccccc2)cnn1C.Cl. The van der Waals surface area contributed by atoms with Crippen LogP contribution in [0.15, 0.2) is 41.4 Å². The third kappa shape index (κ3) is 3.86. The van der Waals surface area contributed by atoms with Crippen LogP contribution in [0.5, 0.6) is 0 Å². The Morgan fingerprint density at radius 2 is 1.91 bits per heavy atom. The molecule has 1 aromatic heterocycles. The predicted molar refractivity (Wildman–Crippen MR) is 88.3 cm³/mol. The molecule has 0 radical (unpaired) electrons. The Kier molecular flexibility index (Phi) is 6.55. The first-order valence-electron chi connectivity index (χ1n) is 6.69. The first-order valence-corrected chi connectivity index (χ1v) is 8.13. The second-order valence-corrected chi connectivity index (χ2v) is 6.74. The molecule has 6 nitrogen and oxygen atoms in total. The molecule has 2 aromatic rings. The number of sulfonamides is 1. The van der Waals surface area contributed by atoms with Crippen molar-refractivity contribution in [1.82, 2.24) is 14.1 Å². The van der Waals surface area contributed by atoms with Gasteiger partial charge in [0.25, 0.3) is 0 Å². The average molecular weight is 345 g/mol. The zero-order valence-corrected chi connectivity index (χ0v) is 14.3. The summed E-state index contributed by atoms with van der Waals surface area (Å²) in [6.45, 7) is 2.58. The van der Waals surface area contributed by atoms with Gasteiger partial charge in [-0.15, -0.1) is 12.4 Å². The van der Waals surface area contributed by atoms with Crippen LogP contribution in [0, 0.1) is 6.92 Å². The van der Waals surface area contributed by atoms with Crippen LogP contribution < -0.4 is 5.73 Å². The fourth-order valence-corrected chi connectivity index (χ4v) is 3.71. The Hall–Kier alpha value is -1.41. The van der Waals surface area contributed by atoms with Crippen molar-refractivity contribution in [2.24, 2.45) is 12.8 Å². The summed E-state index contributed by atoms with van der Waals surface area (Å²) >= 11 is 0. The Morgan fingerprint density at radius 3 is 2.41 bits per heavy atom. The van der Waals surface area contributed by atoms with E-state index in [0.29, 0.717) is 12.2 Å². The van der Waals surface area contributed by atoms with Gasteiger partial charge in [-0.3, -0.25) is 4.68 Å². The lowest BCUT2D eigenvalue weighted by atomic mass is 10.2. The van der Waals surface area contributed by atoms with Crippen molar-refractivity contribution < 1.29 is 8.42 Å². The number of aromatic nitrogens is 2. The van der Waals surface area contributed by atoms with Gasteiger partial charge in [0.05, 0.1) is 11.9 Å². The number of nitrogens with zero attached hydrogens (tertiary/aromatic N) is 3. The molecule has 22 heavy (non-hydrogen) atoms. The highest BCUT2D eigenvalue weighted by atomic mass is 35.5. The van der Waals surface area contributed by atoms with Crippen molar-refractivity contribution in [3.63, 3.8) is 0 Å². The molecule has 0 amide bonds. The van der Waals surface area contributed by atoms with Crippen molar-refractivity contribution in [3.05, 3.63) is 47.8 Å². The standard InChI is InChI=1S/C14H20N4O2S.ClH/c1-12-14(10-16-17(12)2)21(19,20)18(9-8-15)11-13-6-4-3-5-7-13;/h3-7,10H,8-9,11,15H2,1-2H3;1H. The minimum Gasteiger partial charge on any atom is -0.329 e. The van der Waals surface area contributed by atoms with Crippen LogP contribution >= 0.6 is 12.4 Å². The molecule has 0 aliphatic carbocycles. The van der Waals surface area contributed by atoms with Crippen LogP contribution in [-0.4, -0.2) is 35.6 Å². The molecule has 0 aliphatic rings. The fourth-order valence-electron chi connectivity index (χ4n) is 2.09. The Labute approximate surface area is 137 Å². The molecule has 0 aliphatic heterocycles. The van der Waals surface area contributed by atoms with Crippen LogP contribution in [-0.2, 0) is 23.6 Å². The van der Waals surface area contributed by atoms with Crippen LogP contribution in [0.1, 0.15) is 11.3 Å². The first-order chi connectivity index (χ1) is 9.96. The van der Waals surface area contributed by atoms with Crippen LogP contribution in [0.4, 0.5) is 0 Å². The minimum atomic E-state index is -3.60. The van der Waals surface area contributed by atoms with E-state index < -0.39 is 10.0 Å². The maximum atomic E-state index is 12.8. The largest absolute Gasteiger partial charge is 0.329 e. The van der Waals surface area contributed by atoms with E-state index >= 15 is 0 Å². The molecule has 1 aromatic carbocycles. The summed E-state index contributed by atoms with van der Waals surface area (Å²) in [6, 6.07) is 9.47. The number of aryl methyl sites for hydroxylation is 1. The normalized spacial score (nSPS) is 11.5. The molecule has 0 fully saturated rings. The summed E-state index contributed by atoms with van der Waals surface area (Å²) in [5, 5.41) is 4.01. The summed E-state index contributed by atoms with van der Waals surface area (Å²) in [5.41, 5.74) is 7.12. The van der Waals surface area contributed by atoms with E-state index in [-0.39, 0.29) is 30.4 Å². The predicted octanol–water partition coefficient (Wildman–Crippen LogP) is 1.30. The van der Waals surface area contributed by atoms with Gasteiger partial charge < -0.3 is 5.73 Å². The smallest absolute Gasteiger partial charge is 0.246 e. The zero-order chi connectivity index (χ0) is 15.5. The van der Waals surface area contributed by atoms with Crippen molar-refractivity contribution in [3.8, 4) is 0 Å². The number of benzene rings is 1. The van der Waals surface area contributed by atoms with E-state index in [1.807, 2.05) is 30.3 Å². The topological polar surface area (TPSA) is 81.2 Å². The number of hydrogen-bond donors (Lipinski definition) is 1. The van der Waals surface area contributed by atoms with Gasteiger partial charge >= 0.3 is 0 Å². The molecule has 8 heteroatoms. The van der Waals surface area contributed by atoms with Crippen molar-refractivity contribution in [2.75, 3.05) is 13.1 Å². The molecule has 2 rings (SSSR count). The van der Waals surface area contributed by atoms with Gasteiger partial charge in [0.15, 0.2) is 0 Å². The molecule has 1 heterocycles. The van der Waals surface area contributed by atoms with Gasteiger partial charge in [-0.1, -0.05) is 30.3 Å². The number of halogens is 1. The highest BCUT2D eigenvalue weighted by molar-refractivity contribution is 7.89. The number of rotatable bonds is 6. The van der Waals surface area contributed by atoms with Crippen LogP contribution in [0.3, 0.4) is 0 Å². The van der Waals surface area contributed by atoms with E-state index in [1.165, 1.54) is 10.5 Å². The molecule has 0 spiro atoms. The van der Waals surface area contributed by atoms with E-state index in [4.69, 9.17) is 5.73 Å². The molecule has 0 saturated heterocycles. The van der Waals surface area contributed by atoms with E-state index in [2.05, 4.69) is 5.10 Å².